The number of carbonyl (C=O) groups excluding carboxylic acids is 2. The normalized spacial score (nSPS) is 16.2. The predicted octanol–water partition coefficient (Wildman–Crippen LogP) is 0.468. The van der Waals surface area contributed by atoms with Crippen LogP contribution in [0.25, 0.3) is 0 Å². The molecular formula is C18H20N6O4. The Bertz CT molecular complexity index is 919. The maximum atomic E-state index is 12.7. The van der Waals surface area contributed by atoms with Gasteiger partial charge >= 0.3 is 6.03 Å². The zero-order valence-electron chi connectivity index (χ0n) is 15.6. The number of carbonyl (C=O) groups is 2. The number of nitrogens with one attached hydrogen (secondary N) is 1. The van der Waals surface area contributed by atoms with Crippen molar-refractivity contribution in [2.24, 2.45) is 0 Å². The first-order valence-corrected chi connectivity index (χ1v) is 8.62. The summed E-state index contributed by atoms with van der Waals surface area (Å²) in [6, 6.07) is 5.71. The standard InChI is InChI=1S/C18H20N6O4/c1-27-6-5-23-11-14(21-22-23)8-15-17(25)24(18(26)20-15)10-13-4-3-12(9-19)7-16(13)28-2/h3-4,7,11,15H,5-6,8,10H2,1-2H3,(H,20,26)/t15-/m0/s1. The van der Waals surface area contributed by atoms with Crippen LogP contribution in [0.15, 0.2) is 24.4 Å². The molecule has 1 saturated heterocycles. The molecule has 0 spiro atoms. The molecule has 2 heterocycles. The third kappa shape index (κ3) is 4.10. The second-order valence-electron chi connectivity index (χ2n) is 6.23. The van der Waals surface area contributed by atoms with Gasteiger partial charge in [0.15, 0.2) is 0 Å². The highest BCUT2D eigenvalue weighted by atomic mass is 16.5. The fraction of sp³-hybridized carbons (Fsp3) is 0.389. The van der Waals surface area contributed by atoms with E-state index >= 15 is 0 Å². The number of urea groups is 1. The Morgan fingerprint density at radius 1 is 1.32 bits per heavy atom. The summed E-state index contributed by atoms with van der Waals surface area (Å²) in [5.74, 6) is 0.104. The van der Waals surface area contributed by atoms with E-state index in [1.807, 2.05) is 6.07 Å². The minimum atomic E-state index is -0.704. The molecule has 28 heavy (non-hydrogen) atoms. The molecule has 3 rings (SSSR count). The Morgan fingerprint density at radius 2 is 2.14 bits per heavy atom. The molecule has 10 nitrogen and oxygen atoms in total. The van der Waals surface area contributed by atoms with Gasteiger partial charge in [-0.15, -0.1) is 5.10 Å². The van der Waals surface area contributed by atoms with Crippen molar-refractivity contribution in [3.63, 3.8) is 0 Å². The van der Waals surface area contributed by atoms with E-state index in [4.69, 9.17) is 14.7 Å². The molecule has 10 heteroatoms. The van der Waals surface area contributed by atoms with Crippen LogP contribution in [-0.4, -0.2) is 58.7 Å². The molecule has 0 unspecified atom stereocenters. The lowest BCUT2D eigenvalue weighted by Crippen LogP contribution is -2.32. The van der Waals surface area contributed by atoms with Gasteiger partial charge in [0, 0.05) is 25.3 Å². The number of rotatable bonds is 8. The van der Waals surface area contributed by atoms with Gasteiger partial charge in [0.1, 0.15) is 11.8 Å². The lowest BCUT2D eigenvalue weighted by atomic mass is 10.1. The van der Waals surface area contributed by atoms with Crippen LogP contribution in [0.4, 0.5) is 4.79 Å². The van der Waals surface area contributed by atoms with Crippen LogP contribution >= 0.6 is 0 Å². The molecule has 0 aliphatic carbocycles. The maximum Gasteiger partial charge on any atom is 0.325 e. The van der Waals surface area contributed by atoms with Crippen molar-refractivity contribution in [1.82, 2.24) is 25.2 Å². The van der Waals surface area contributed by atoms with Crippen LogP contribution in [0.2, 0.25) is 0 Å². The number of benzene rings is 1. The fourth-order valence-electron chi connectivity index (χ4n) is 2.92. The molecule has 146 valence electrons. The first kappa shape index (κ1) is 19.3. The quantitative estimate of drug-likeness (QED) is 0.656. The molecule has 3 amide bonds. The number of nitriles is 1. The van der Waals surface area contributed by atoms with Gasteiger partial charge in [-0.2, -0.15) is 5.26 Å². The van der Waals surface area contributed by atoms with Gasteiger partial charge in [-0.05, 0) is 12.1 Å². The summed E-state index contributed by atoms with van der Waals surface area (Å²) in [6.07, 6.45) is 1.98. The van der Waals surface area contributed by atoms with Crippen LogP contribution in [-0.2, 0) is 29.0 Å². The summed E-state index contributed by atoms with van der Waals surface area (Å²) in [5.41, 5.74) is 1.68. The molecule has 1 fully saturated rings. The first-order valence-electron chi connectivity index (χ1n) is 8.62. The Kier molecular flexibility index (Phi) is 5.86. The summed E-state index contributed by atoms with van der Waals surface area (Å²) in [5, 5.41) is 19.7. The Morgan fingerprint density at radius 3 is 2.86 bits per heavy atom. The molecule has 2 aromatic rings. The molecular weight excluding hydrogens is 364 g/mol. The Hall–Kier alpha value is -3.45. The van der Waals surface area contributed by atoms with Gasteiger partial charge in [0.2, 0.25) is 0 Å². The lowest BCUT2D eigenvalue weighted by molar-refractivity contribution is -0.127. The number of imide groups is 1. The number of hydrogen-bond acceptors (Lipinski definition) is 7. The van der Waals surface area contributed by atoms with Crippen molar-refractivity contribution < 1.29 is 19.1 Å². The van der Waals surface area contributed by atoms with Gasteiger partial charge in [0.25, 0.3) is 5.91 Å². The van der Waals surface area contributed by atoms with Crippen LogP contribution < -0.4 is 10.1 Å². The zero-order chi connectivity index (χ0) is 20.1. The lowest BCUT2D eigenvalue weighted by Gasteiger charge is -2.15. The second-order valence-corrected chi connectivity index (χ2v) is 6.23. The van der Waals surface area contributed by atoms with Crippen molar-refractivity contribution in [3.05, 3.63) is 41.2 Å². The summed E-state index contributed by atoms with van der Waals surface area (Å²) < 4.78 is 11.9. The Labute approximate surface area is 161 Å². The SMILES string of the molecule is COCCn1cc(C[C@@H]2NC(=O)N(Cc3ccc(C#N)cc3OC)C2=O)nn1. The highest BCUT2D eigenvalue weighted by Gasteiger charge is 2.38. The number of ether oxygens (including phenoxy) is 2. The van der Waals surface area contributed by atoms with Crippen molar-refractivity contribution in [1.29, 1.82) is 5.26 Å². The van der Waals surface area contributed by atoms with Crippen molar-refractivity contribution in [2.75, 3.05) is 20.8 Å². The fourth-order valence-corrected chi connectivity index (χ4v) is 2.92. The third-order valence-electron chi connectivity index (χ3n) is 4.38. The zero-order valence-corrected chi connectivity index (χ0v) is 15.6. The number of aromatic nitrogens is 3. The average molecular weight is 384 g/mol. The highest BCUT2D eigenvalue weighted by molar-refractivity contribution is 6.04. The van der Waals surface area contributed by atoms with Gasteiger partial charge in [-0.1, -0.05) is 11.3 Å². The number of methoxy groups -OCH3 is 2. The van der Waals surface area contributed by atoms with E-state index in [1.54, 1.807) is 36.2 Å². The monoisotopic (exact) mass is 384 g/mol. The number of amides is 3. The van der Waals surface area contributed by atoms with Gasteiger partial charge < -0.3 is 14.8 Å². The average Bonchev–Trinajstić information content (AvgIpc) is 3.26. The third-order valence-corrected chi connectivity index (χ3v) is 4.38. The molecule has 0 saturated carbocycles. The minimum Gasteiger partial charge on any atom is -0.496 e. The second kappa shape index (κ2) is 8.49. The molecule has 0 radical (unpaired) electrons. The molecule has 0 bridgehead atoms. The van der Waals surface area contributed by atoms with E-state index in [2.05, 4.69) is 15.6 Å². The number of nitrogens with zero attached hydrogens (tertiary/aromatic N) is 5. The van der Waals surface area contributed by atoms with Crippen molar-refractivity contribution in [3.8, 4) is 11.8 Å². The first-order chi connectivity index (χ1) is 13.5. The Balaban J connectivity index is 1.68. The summed E-state index contributed by atoms with van der Waals surface area (Å²) in [6.45, 7) is 1.11. The summed E-state index contributed by atoms with van der Waals surface area (Å²) in [4.78, 5) is 26.1. The van der Waals surface area contributed by atoms with Crippen molar-refractivity contribution in [2.45, 2.75) is 25.6 Å². The number of hydrogen-bond donors (Lipinski definition) is 1. The van der Waals surface area contributed by atoms with Gasteiger partial charge in [0.05, 0.1) is 44.1 Å². The van der Waals surface area contributed by atoms with Crippen LogP contribution in [0, 0.1) is 11.3 Å². The topological polar surface area (TPSA) is 122 Å². The minimum absolute atomic E-state index is 0.0522. The molecule has 1 aliphatic heterocycles. The smallest absolute Gasteiger partial charge is 0.325 e. The van der Waals surface area contributed by atoms with E-state index < -0.39 is 12.1 Å². The van der Waals surface area contributed by atoms with Gasteiger partial charge in [-0.3, -0.25) is 9.69 Å². The van der Waals surface area contributed by atoms with E-state index in [0.29, 0.717) is 35.7 Å². The molecule has 1 aliphatic rings. The van der Waals surface area contributed by atoms with Gasteiger partial charge in [-0.25, -0.2) is 9.48 Å². The summed E-state index contributed by atoms with van der Waals surface area (Å²) >= 11 is 0. The molecule has 1 atom stereocenters. The van der Waals surface area contributed by atoms with E-state index in [9.17, 15) is 9.59 Å². The highest BCUT2D eigenvalue weighted by Crippen LogP contribution is 2.23. The van der Waals surface area contributed by atoms with Crippen LogP contribution in [0.3, 0.4) is 0 Å². The van der Waals surface area contributed by atoms with E-state index in [-0.39, 0.29) is 18.9 Å². The largest absolute Gasteiger partial charge is 0.496 e. The predicted molar refractivity (Wildman–Crippen MR) is 96.2 cm³/mol. The molecule has 1 aromatic carbocycles. The van der Waals surface area contributed by atoms with E-state index in [0.717, 1.165) is 4.90 Å². The van der Waals surface area contributed by atoms with Crippen LogP contribution in [0.1, 0.15) is 16.8 Å². The summed E-state index contributed by atoms with van der Waals surface area (Å²) in [7, 11) is 3.07. The van der Waals surface area contributed by atoms with Crippen LogP contribution in [0.5, 0.6) is 5.75 Å². The molecule has 1 aromatic heterocycles. The maximum absolute atomic E-state index is 12.7. The van der Waals surface area contributed by atoms with E-state index in [1.165, 1.54) is 7.11 Å². The molecule has 1 N–H and O–H groups in total. The van der Waals surface area contributed by atoms with Crippen molar-refractivity contribution >= 4 is 11.9 Å².